The lowest BCUT2D eigenvalue weighted by atomic mass is 9.76. The molecular weight excluding hydrogens is 385 g/mol. The molecule has 2 aromatic rings. The van der Waals surface area contributed by atoms with Gasteiger partial charge in [0.15, 0.2) is 0 Å². The summed E-state index contributed by atoms with van der Waals surface area (Å²) in [7, 11) is 0. The number of amides is 1. The number of hydrogen-bond donors (Lipinski definition) is 3. The third kappa shape index (κ3) is 4.06. The predicted molar refractivity (Wildman–Crippen MR) is 113 cm³/mol. The van der Waals surface area contributed by atoms with E-state index in [9.17, 15) is 4.79 Å². The second-order valence-corrected chi connectivity index (χ2v) is 9.12. The monoisotopic (exact) mass is 415 g/mol. The summed E-state index contributed by atoms with van der Waals surface area (Å²) in [5.74, 6) is -1.48. The summed E-state index contributed by atoms with van der Waals surface area (Å²) in [4.78, 5) is 17.6. The van der Waals surface area contributed by atoms with Crippen LogP contribution in [0.1, 0.15) is 66.8 Å². The van der Waals surface area contributed by atoms with Gasteiger partial charge in [0, 0.05) is 18.3 Å². The van der Waals surface area contributed by atoms with E-state index < -0.39 is 11.7 Å². The van der Waals surface area contributed by atoms with Gasteiger partial charge >= 0.3 is 0 Å². The Balaban J connectivity index is 1.77. The molecule has 1 saturated heterocycles. The highest BCUT2D eigenvalue weighted by molar-refractivity contribution is 5.99. The molecule has 1 amide bonds. The number of hydroxylamine groups is 1. The molecule has 2 aliphatic rings. The lowest BCUT2D eigenvalue weighted by Gasteiger charge is -2.30. The van der Waals surface area contributed by atoms with Crippen LogP contribution in [0.25, 0.3) is 5.69 Å². The number of aromatic nitrogens is 2. The Morgan fingerprint density at radius 2 is 2.20 bits per heavy atom. The Bertz CT molecular complexity index is 961. The van der Waals surface area contributed by atoms with Crippen molar-refractivity contribution in [3.63, 3.8) is 0 Å². The normalized spacial score (nSPS) is 21.0. The minimum atomic E-state index is -0.817. The van der Waals surface area contributed by atoms with E-state index in [1.165, 1.54) is 11.6 Å². The number of nitrogens with two attached hydrogens (primary N) is 1. The van der Waals surface area contributed by atoms with E-state index in [0.717, 1.165) is 56.5 Å². The van der Waals surface area contributed by atoms with Gasteiger partial charge in [-0.15, -0.1) is 0 Å². The van der Waals surface area contributed by atoms with Crippen LogP contribution in [0.5, 0.6) is 0 Å². The molecule has 0 bridgehead atoms. The molecular formula is C22H30FN5O2. The molecule has 1 aromatic heterocycles. The topological polar surface area (TPSA) is 94.2 Å². The van der Waals surface area contributed by atoms with E-state index in [2.05, 4.69) is 24.6 Å². The van der Waals surface area contributed by atoms with E-state index in [0.29, 0.717) is 11.4 Å². The maximum Gasteiger partial charge on any atom is 0.253 e. The zero-order valence-electron chi connectivity index (χ0n) is 17.8. The summed E-state index contributed by atoms with van der Waals surface area (Å²) in [6.07, 6.45) is 5.22. The largest absolute Gasteiger partial charge is 0.365 e. The van der Waals surface area contributed by atoms with Crippen LogP contribution < -0.4 is 16.5 Å². The summed E-state index contributed by atoms with van der Waals surface area (Å²) in [5.41, 5.74) is 12.6. The van der Waals surface area contributed by atoms with Crippen molar-refractivity contribution < 1.29 is 14.0 Å². The van der Waals surface area contributed by atoms with Crippen LogP contribution in [-0.4, -0.2) is 28.5 Å². The van der Waals surface area contributed by atoms with Crippen molar-refractivity contribution in [1.29, 1.82) is 0 Å². The fourth-order valence-corrected chi connectivity index (χ4v) is 4.43. The third-order valence-corrected chi connectivity index (χ3v) is 6.09. The van der Waals surface area contributed by atoms with Crippen LogP contribution in [0.2, 0.25) is 0 Å². The van der Waals surface area contributed by atoms with E-state index in [-0.39, 0.29) is 17.2 Å². The second kappa shape index (κ2) is 8.00. The van der Waals surface area contributed by atoms with Gasteiger partial charge in [-0.2, -0.15) is 5.10 Å². The average molecular weight is 416 g/mol. The fourth-order valence-electron chi connectivity index (χ4n) is 4.43. The van der Waals surface area contributed by atoms with Crippen molar-refractivity contribution in [2.24, 2.45) is 11.1 Å². The van der Waals surface area contributed by atoms with Gasteiger partial charge in [0.1, 0.15) is 12.0 Å². The van der Waals surface area contributed by atoms with Crippen molar-refractivity contribution in [2.45, 2.75) is 65.5 Å². The van der Waals surface area contributed by atoms with Crippen molar-refractivity contribution in [1.82, 2.24) is 15.3 Å². The van der Waals surface area contributed by atoms with E-state index in [1.54, 1.807) is 6.07 Å². The predicted octanol–water partition coefficient (Wildman–Crippen LogP) is 3.38. The van der Waals surface area contributed by atoms with E-state index in [4.69, 9.17) is 15.7 Å². The molecule has 1 aromatic carbocycles. The first-order valence-electron chi connectivity index (χ1n) is 10.6. The Morgan fingerprint density at radius 1 is 1.40 bits per heavy atom. The molecule has 7 nitrogen and oxygen atoms in total. The van der Waals surface area contributed by atoms with Gasteiger partial charge < -0.3 is 11.1 Å². The molecule has 2 heterocycles. The van der Waals surface area contributed by atoms with Crippen molar-refractivity contribution in [2.75, 3.05) is 11.9 Å². The maximum absolute atomic E-state index is 15.0. The molecule has 4 N–H and O–H groups in total. The minimum absolute atomic E-state index is 0.157. The minimum Gasteiger partial charge on any atom is -0.365 e. The molecule has 1 aliphatic heterocycles. The van der Waals surface area contributed by atoms with Gasteiger partial charge in [-0.25, -0.2) is 14.6 Å². The first-order valence-corrected chi connectivity index (χ1v) is 10.6. The number of carbonyl (C=O) groups excluding carboxylic acids is 1. The highest BCUT2D eigenvalue weighted by Gasteiger charge is 2.31. The number of rotatable bonds is 4. The summed E-state index contributed by atoms with van der Waals surface area (Å²) in [6.45, 7) is 7.22. The molecule has 0 spiro atoms. The Morgan fingerprint density at radius 3 is 2.97 bits per heavy atom. The maximum atomic E-state index is 15.0. The molecule has 4 rings (SSSR count). The Labute approximate surface area is 176 Å². The Kier molecular flexibility index (Phi) is 5.55. The van der Waals surface area contributed by atoms with Crippen LogP contribution in [0.4, 0.5) is 10.1 Å². The van der Waals surface area contributed by atoms with Gasteiger partial charge in [0.05, 0.1) is 22.6 Å². The summed E-state index contributed by atoms with van der Waals surface area (Å²) >= 11 is 0. The Hall–Kier alpha value is -2.45. The fraction of sp³-hybridized carbons (Fsp3) is 0.545. The highest BCUT2D eigenvalue weighted by Crippen LogP contribution is 2.37. The summed E-state index contributed by atoms with van der Waals surface area (Å²) in [5, 5.41) is 7.87. The number of anilines is 1. The number of aryl methyl sites for hydroxylation is 1. The van der Waals surface area contributed by atoms with Crippen LogP contribution in [0.15, 0.2) is 12.1 Å². The summed E-state index contributed by atoms with van der Waals surface area (Å²) < 4.78 is 16.9. The van der Waals surface area contributed by atoms with Gasteiger partial charge in [-0.3, -0.25) is 9.63 Å². The highest BCUT2D eigenvalue weighted by atomic mass is 19.1. The average Bonchev–Trinajstić information content (AvgIpc) is 2.81. The molecule has 0 radical (unpaired) electrons. The number of halogens is 1. The lowest BCUT2D eigenvalue weighted by molar-refractivity contribution is -0.00120. The van der Waals surface area contributed by atoms with Crippen LogP contribution in [0.3, 0.4) is 0 Å². The molecule has 1 unspecified atom stereocenters. The van der Waals surface area contributed by atoms with Gasteiger partial charge in [-0.05, 0) is 62.5 Å². The molecule has 1 aliphatic carbocycles. The second-order valence-electron chi connectivity index (χ2n) is 9.12. The number of nitrogens with zero attached hydrogens (tertiary/aromatic N) is 2. The number of nitrogens with one attached hydrogen (secondary N) is 2. The molecule has 0 saturated carbocycles. The summed E-state index contributed by atoms with van der Waals surface area (Å²) in [6, 6.07) is 3.08. The molecule has 162 valence electrons. The number of carbonyl (C=O) groups is 1. The van der Waals surface area contributed by atoms with Crippen LogP contribution in [-0.2, 0) is 17.7 Å². The third-order valence-electron chi connectivity index (χ3n) is 6.09. The molecule has 8 heteroatoms. The van der Waals surface area contributed by atoms with Crippen molar-refractivity contribution in [3.05, 3.63) is 40.5 Å². The molecule has 1 fully saturated rings. The van der Waals surface area contributed by atoms with Crippen LogP contribution >= 0.6 is 0 Å². The SMILES string of the molecule is Cc1nn(-c2cc(F)c(C(N)=O)c(NC3CCCCNO3)c2)c2c1CCC(C)(C)C2. The first-order chi connectivity index (χ1) is 14.2. The number of fused-ring (bicyclic) bond motifs is 1. The van der Waals surface area contributed by atoms with E-state index in [1.807, 2.05) is 11.6 Å². The number of benzene rings is 1. The van der Waals surface area contributed by atoms with Gasteiger partial charge in [0.25, 0.3) is 5.91 Å². The van der Waals surface area contributed by atoms with Gasteiger partial charge in [0.2, 0.25) is 0 Å². The van der Waals surface area contributed by atoms with Crippen molar-refractivity contribution >= 4 is 11.6 Å². The first kappa shape index (κ1) is 20.8. The van der Waals surface area contributed by atoms with Crippen molar-refractivity contribution in [3.8, 4) is 5.69 Å². The standard InChI is InChI=1S/C22H30FN5O2/c1-13-15-7-8-22(2,3)12-18(15)28(27-13)14-10-16(23)20(21(24)29)17(11-14)26-19-6-4-5-9-25-30-19/h10-11,19,25-26H,4-9,12H2,1-3H3,(H2,24,29). The molecule has 1 atom stereocenters. The quantitative estimate of drug-likeness (QED) is 0.712. The van der Waals surface area contributed by atoms with Gasteiger partial charge in [-0.1, -0.05) is 13.8 Å². The smallest absolute Gasteiger partial charge is 0.253 e. The lowest BCUT2D eigenvalue weighted by Crippen LogP contribution is -2.30. The zero-order chi connectivity index (χ0) is 21.5. The van der Waals surface area contributed by atoms with Crippen LogP contribution in [0, 0.1) is 18.2 Å². The zero-order valence-corrected chi connectivity index (χ0v) is 17.8. The molecule has 30 heavy (non-hydrogen) atoms. The number of hydrogen-bond acceptors (Lipinski definition) is 5. The van der Waals surface area contributed by atoms with E-state index >= 15 is 4.39 Å². The number of primary amides is 1.